The summed E-state index contributed by atoms with van der Waals surface area (Å²) in [6.07, 6.45) is 5.00. The lowest BCUT2D eigenvalue weighted by Crippen LogP contribution is -2.46. The van der Waals surface area contributed by atoms with Crippen LogP contribution < -0.4 is 5.32 Å². The van der Waals surface area contributed by atoms with E-state index in [2.05, 4.69) is 56.2 Å². The number of fused-ring (bicyclic) bond motifs is 1. The zero-order chi connectivity index (χ0) is 17.6. The van der Waals surface area contributed by atoms with Crippen LogP contribution in [0.2, 0.25) is 0 Å². The standard InChI is InChI=1S/C21H31N3S/c1-14-5-7-17(22-13-14)15-6-8-19-18(11-15)23-20(25-19)16-9-10-24(4)21(2,3)12-16/h6,8,11,14,16-17,22H,5,7,9-10,12-13H2,1-4H3/t14-,16?,17+/m0/s1. The van der Waals surface area contributed by atoms with Crippen molar-refractivity contribution in [2.75, 3.05) is 20.1 Å². The van der Waals surface area contributed by atoms with Crippen LogP contribution in [-0.2, 0) is 0 Å². The lowest BCUT2D eigenvalue weighted by Gasteiger charge is -2.43. The maximum atomic E-state index is 5.07. The fraction of sp³-hybridized carbons (Fsp3) is 0.667. The third kappa shape index (κ3) is 3.49. The maximum Gasteiger partial charge on any atom is 0.0970 e. The molecule has 1 unspecified atom stereocenters. The summed E-state index contributed by atoms with van der Waals surface area (Å²) in [5, 5.41) is 5.05. The second-order valence-corrected chi connectivity index (χ2v) is 9.91. The lowest BCUT2D eigenvalue weighted by molar-refractivity contribution is 0.0942. The van der Waals surface area contributed by atoms with Gasteiger partial charge >= 0.3 is 0 Å². The van der Waals surface area contributed by atoms with Crippen LogP contribution in [-0.4, -0.2) is 35.6 Å². The van der Waals surface area contributed by atoms with Gasteiger partial charge in [-0.05, 0) is 83.3 Å². The molecule has 2 aliphatic heterocycles. The van der Waals surface area contributed by atoms with Gasteiger partial charge in [0, 0.05) is 17.5 Å². The number of benzene rings is 1. The van der Waals surface area contributed by atoms with Crippen LogP contribution >= 0.6 is 11.3 Å². The summed E-state index contributed by atoms with van der Waals surface area (Å²) in [6.45, 7) is 9.36. The minimum absolute atomic E-state index is 0.272. The van der Waals surface area contributed by atoms with Crippen LogP contribution in [0, 0.1) is 5.92 Å². The zero-order valence-corrected chi connectivity index (χ0v) is 16.8. The molecule has 1 aromatic carbocycles. The molecule has 0 bridgehead atoms. The van der Waals surface area contributed by atoms with E-state index in [0.717, 1.165) is 12.5 Å². The predicted octanol–water partition coefficient (Wildman–Crippen LogP) is 4.94. The molecule has 0 aliphatic carbocycles. The predicted molar refractivity (Wildman–Crippen MR) is 107 cm³/mol. The molecule has 3 atom stereocenters. The first-order valence-electron chi connectivity index (χ1n) is 9.77. The fourth-order valence-electron chi connectivity index (χ4n) is 4.36. The Morgan fingerprint density at radius 1 is 1.24 bits per heavy atom. The van der Waals surface area contributed by atoms with Crippen molar-refractivity contribution in [2.45, 2.75) is 64.0 Å². The average molecular weight is 358 g/mol. The van der Waals surface area contributed by atoms with E-state index >= 15 is 0 Å². The van der Waals surface area contributed by atoms with Gasteiger partial charge in [-0.3, -0.25) is 0 Å². The molecule has 3 heterocycles. The Morgan fingerprint density at radius 3 is 2.80 bits per heavy atom. The molecule has 2 saturated heterocycles. The van der Waals surface area contributed by atoms with E-state index in [1.807, 2.05) is 11.3 Å². The quantitative estimate of drug-likeness (QED) is 0.825. The smallest absolute Gasteiger partial charge is 0.0970 e. The van der Waals surface area contributed by atoms with E-state index in [0.29, 0.717) is 12.0 Å². The first-order valence-corrected chi connectivity index (χ1v) is 10.6. The van der Waals surface area contributed by atoms with Gasteiger partial charge < -0.3 is 10.2 Å². The Bertz CT molecular complexity index is 743. The molecule has 2 fully saturated rings. The highest BCUT2D eigenvalue weighted by Gasteiger charge is 2.34. The normalized spacial score (nSPS) is 30.6. The molecule has 2 aromatic rings. The number of rotatable bonds is 2. The second-order valence-electron chi connectivity index (χ2n) is 8.85. The molecule has 4 heteroatoms. The molecule has 0 amide bonds. The summed E-state index contributed by atoms with van der Waals surface area (Å²) in [5.41, 5.74) is 2.89. The average Bonchev–Trinajstić information content (AvgIpc) is 3.01. The highest BCUT2D eigenvalue weighted by molar-refractivity contribution is 7.18. The van der Waals surface area contributed by atoms with Crippen molar-refractivity contribution < 1.29 is 0 Å². The van der Waals surface area contributed by atoms with Gasteiger partial charge in [-0.25, -0.2) is 4.98 Å². The SMILES string of the molecule is C[C@H]1CC[C@H](c2ccc3sc(C4CCN(C)C(C)(C)C4)nc3c2)NC1. The van der Waals surface area contributed by atoms with Crippen molar-refractivity contribution in [3.05, 3.63) is 28.8 Å². The molecule has 3 nitrogen and oxygen atoms in total. The van der Waals surface area contributed by atoms with Crippen molar-refractivity contribution in [1.29, 1.82) is 0 Å². The number of nitrogens with zero attached hydrogens (tertiary/aromatic N) is 2. The molecular weight excluding hydrogens is 326 g/mol. The summed E-state index contributed by atoms with van der Waals surface area (Å²) >= 11 is 1.91. The fourth-order valence-corrected chi connectivity index (χ4v) is 5.44. The van der Waals surface area contributed by atoms with Gasteiger partial charge in [0.1, 0.15) is 0 Å². The van der Waals surface area contributed by atoms with Crippen molar-refractivity contribution in [3.63, 3.8) is 0 Å². The molecule has 2 aliphatic rings. The van der Waals surface area contributed by atoms with E-state index in [9.17, 15) is 0 Å². The van der Waals surface area contributed by atoms with Crippen LogP contribution in [0.15, 0.2) is 18.2 Å². The van der Waals surface area contributed by atoms with Gasteiger partial charge in [-0.1, -0.05) is 13.0 Å². The first kappa shape index (κ1) is 17.4. The Morgan fingerprint density at radius 2 is 2.08 bits per heavy atom. The van der Waals surface area contributed by atoms with Gasteiger partial charge in [0.05, 0.1) is 15.2 Å². The number of nitrogens with one attached hydrogen (secondary N) is 1. The Balaban J connectivity index is 1.56. The second kappa shape index (κ2) is 6.64. The number of hydrogen-bond donors (Lipinski definition) is 1. The number of hydrogen-bond acceptors (Lipinski definition) is 4. The monoisotopic (exact) mass is 357 g/mol. The molecule has 0 spiro atoms. The molecule has 0 saturated carbocycles. The number of likely N-dealkylation sites (tertiary alicyclic amines) is 1. The first-order chi connectivity index (χ1) is 11.9. The van der Waals surface area contributed by atoms with Gasteiger partial charge in [0.25, 0.3) is 0 Å². The molecule has 25 heavy (non-hydrogen) atoms. The van der Waals surface area contributed by atoms with Gasteiger partial charge in [-0.2, -0.15) is 0 Å². The summed E-state index contributed by atoms with van der Waals surface area (Å²) < 4.78 is 1.35. The van der Waals surface area contributed by atoms with E-state index in [4.69, 9.17) is 4.98 Å². The van der Waals surface area contributed by atoms with Gasteiger partial charge in [0.2, 0.25) is 0 Å². The Labute approximate surface area is 155 Å². The Hall–Kier alpha value is -0.970. The van der Waals surface area contributed by atoms with Crippen LogP contribution in [0.4, 0.5) is 0 Å². The van der Waals surface area contributed by atoms with Crippen molar-refractivity contribution >= 4 is 21.6 Å². The van der Waals surface area contributed by atoms with Gasteiger partial charge in [0.15, 0.2) is 0 Å². The largest absolute Gasteiger partial charge is 0.310 e. The highest BCUT2D eigenvalue weighted by atomic mass is 32.1. The van der Waals surface area contributed by atoms with E-state index in [-0.39, 0.29) is 5.54 Å². The summed E-state index contributed by atoms with van der Waals surface area (Å²) in [5.74, 6) is 1.42. The van der Waals surface area contributed by atoms with E-state index in [1.54, 1.807) is 0 Å². The number of piperidine rings is 2. The van der Waals surface area contributed by atoms with Crippen LogP contribution in [0.5, 0.6) is 0 Å². The van der Waals surface area contributed by atoms with Crippen molar-refractivity contribution in [3.8, 4) is 0 Å². The van der Waals surface area contributed by atoms with Crippen molar-refractivity contribution in [1.82, 2.24) is 15.2 Å². The third-order valence-electron chi connectivity index (χ3n) is 6.43. The van der Waals surface area contributed by atoms with Crippen LogP contribution in [0.25, 0.3) is 10.2 Å². The number of aromatic nitrogens is 1. The minimum atomic E-state index is 0.272. The third-order valence-corrected chi connectivity index (χ3v) is 7.63. The summed E-state index contributed by atoms with van der Waals surface area (Å²) in [7, 11) is 2.25. The van der Waals surface area contributed by atoms with E-state index < -0.39 is 0 Å². The molecule has 0 radical (unpaired) electrons. The summed E-state index contributed by atoms with van der Waals surface area (Å²) in [6, 6.07) is 7.46. The van der Waals surface area contributed by atoms with Crippen LogP contribution in [0.1, 0.15) is 69.0 Å². The van der Waals surface area contributed by atoms with Crippen molar-refractivity contribution in [2.24, 2.45) is 5.92 Å². The lowest BCUT2D eigenvalue weighted by atomic mass is 9.83. The zero-order valence-electron chi connectivity index (χ0n) is 16.0. The maximum absolute atomic E-state index is 5.07. The minimum Gasteiger partial charge on any atom is -0.310 e. The molecule has 4 rings (SSSR count). The highest BCUT2D eigenvalue weighted by Crippen LogP contribution is 2.40. The molecule has 1 aromatic heterocycles. The van der Waals surface area contributed by atoms with E-state index in [1.165, 1.54) is 53.0 Å². The molecule has 1 N–H and O–H groups in total. The molecular formula is C21H31N3S. The van der Waals surface area contributed by atoms with Crippen LogP contribution in [0.3, 0.4) is 0 Å². The number of thiazole rings is 1. The van der Waals surface area contributed by atoms with Gasteiger partial charge in [-0.15, -0.1) is 11.3 Å². The Kier molecular flexibility index (Phi) is 4.63. The topological polar surface area (TPSA) is 28.2 Å². The molecule has 136 valence electrons. The summed E-state index contributed by atoms with van der Waals surface area (Å²) in [4.78, 5) is 7.56.